The van der Waals surface area contributed by atoms with Crippen molar-refractivity contribution < 1.29 is 9.53 Å². The van der Waals surface area contributed by atoms with Crippen molar-refractivity contribution in [1.82, 2.24) is 14.9 Å². The van der Waals surface area contributed by atoms with E-state index in [1.807, 2.05) is 18.2 Å². The number of para-hydroxylation sites is 2. The molecule has 0 aliphatic carbocycles. The van der Waals surface area contributed by atoms with Gasteiger partial charge in [-0.15, -0.1) is 0 Å². The van der Waals surface area contributed by atoms with E-state index in [1.165, 1.54) is 16.6 Å². The minimum atomic E-state index is -0.120. The van der Waals surface area contributed by atoms with Crippen LogP contribution >= 0.6 is 11.6 Å². The number of nitrogens with one attached hydrogen (secondary N) is 1. The molecule has 0 saturated heterocycles. The highest BCUT2D eigenvalue weighted by molar-refractivity contribution is 6.33. The number of carbonyl (C=O) groups is 1. The third-order valence-corrected chi connectivity index (χ3v) is 6.66. The topological polar surface area (TPSA) is 56.1 Å². The van der Waals surface area contributed by atoms with Crippen LogP contribution in [0.5, 0.6) is 5.75 Å². The zero-order valence-corrected chi connectivity index (χ0v) is 21.9. The number of fused-ring (bicyclic) bond motifs is 1. The summed E-state index contributed by atoms with van der Waals surface area (Å²) in [5.74, 6) is 1.95. The standard InChI is InChI=1S/C30H34ClN3O2/c1-22-16-17-28(23(2)21-22)36-20-10-19-34-27-14-8-7-13-26(27)33-29(34)15-4-3-9-18-32-30(35)24-11-5-6-12-25(24)31/h5-8,11-14,16-17,21H,3-4,9-10,15,18-20H2,1-2H3,(H,32,35). The highest BCUT2D eigenvalue weighted by Crippen LogP contribution is 2.21. The Morgan fingerprint density at radius 3 is 2.61 bits per heavy atom. The van der Waals surface area contributed by atoms with Crippen molar-refractivity contribution in [1.29, 1.82) is 0 Å². The summed E-state index contributed by atoms with van der Waals surface area (Å²) < 4.78 is 8.38. The Morgan fingerprint density at radius 2 is 1.78 bits per heavy atom. The lowest BCUT2D eigenvalue weighted by molar-refractivity contribution is 0.0953. The molecule has 1 heterocycles. The van der Waals surface area contributed by atoms with Crippen molar-refractivity contribution in [3.8, 4) is 5.75 Å². The number of carbonyl (C=O) groups excluding carboxylic acids is 1. The summed E-state index contributed by atoms with van der Waals surface area (Å²) in [4.78, 5) is 17.2. The molecule has 0 unspecified atom stereocenters. The first-order chi connectivity index (χ1) is 17.5. The fourth-order valence-electron chi connectivity index (χ4n) is 4.46. The molecule has 4 aromatic rings. The van der Waals surface area contributed by atoms with Crippen LogP contribution in [0.3, 0.4) is 0 Å². The van der Waals surface area contributed by atoms with Crippen LogP contribution in [0.15, 0.2) is 66.7 Å². The predicted molar refractivity (Wildman–Crippen MR) is 147 cm³/mol. The van der Waals surface area contributed by atoms with E-state index in [9.17, 15) is 4.79 Å². The number of aryl methyl sites for hydroxylation is 4. The Kier molecular flexibility index (Phi) is 9.01. The highest BCUT2D eigenvalue weighted by atomic mass is 35.5. The van der Waals surface area contributed by atoms with Crippen LogP contribution in [-0.4, -0.2) is 28.6 Å². The maximum atomic E-state index is 12.3. The van der Waals surface area contributed by atoms with Gasteiger partial charge in [0.05, 0.1) is 28.2 Å². The van der Waals surface area contributed by atoms with Gasteiger partial charge in [-0.3, -0.25) is 4.79 Å². The Bertz CT molecular complexity index is 1310. The van der Waals surface area contributed by atoms with Crippen LogP contribution < -0.4 is 10.1 Å². The summed E-state index contributed by atoms with van der Waals surface area (Å²) in [5, 5.41) is 3.45. The number of benzene rings is 3. The summed E-state index contributed by atoms with van der Waals surface area (Å²) in [5.41, 5.74) is 5.15. The molecule has 4 rings (SSSR count). The summed E-state index contributed by atoms with van der Waals surface area (Å²) in [6.07, 6.45) is 4.77. The first-order valence-electron chi connectivity index (χ1n) is 12.7. The number of rotatable bonds is 12. The number of hydrogen-bond donors (Lipinski definition) is 1. The fraction of sp³-hybridized carbons (Fsp3) is 0.333. The molecule has 0 atom stereocenters. The van der Waals surface area contributed by atoms with E-state index >= 15 is 0 Å². The van der Waals surface area contributed by atoms with Gasteiger partial charge in [0, 0.05) is 19.5 Å². The van der Waals surface area contributed by atoms with Gasteiger partial charge in [0.15, 0.2) is 0 Å². The number of hydrogen-bond acceptors (Lipinski definition) is 3. The molecule has 0 aliphatic heterocycles. The number of halogens is 1. The molecule has 36 heavy (non-hydrogen) atoms. The predicted octanol–water partition coefficient (Wildman–Crippen LogP) is 6.92. The lowest BCUT2D eigenvalue weighted by Crippen LogP contribution is -2.24. The normalized spacial score (nSPS) is 11.1. The van der Waals surface area contributed by atoms with Crippen molar-refractivity contribution in [2.75, 3.05) is 13.2 Å². The van der Waals surface area contributed by atoms with Gasteiger partial charge in [0.1, 0.15) is 11.6 Å². The number of amides is 1. The Labute approximate surface area is 218 Å². The molecule has 0 fully saturated rings. The van der Waals surface area contributed by atoms with Crippen molar-refractivity contribution in [2.24, 2.45) is 0 Å². The van der Waals surface area contributed by atoms with Crippen LogP contribution in [0, 0.1) is 13.8 Å². The van der Waals surface area contributed by atoms with Gasteiger partial charge in [-0.1, -0.05) is 60.0 Å². The molecule has 1 amide bonds. The van der Waals surface area contributed by atoms with Gasteiger partial charge in [-0.2, -0.15) is 0 Å². The van der Waals surface area contributed by atoms with Crippen LogP contribution in [0.2, 0.25) is 5.02 Å². The van der Waals surface area contributed by atoms with Crippen LogP contribution in [0.25, 0.3) is 11.0 Å². The molecular formula is C30H34ClN3O2. The zero-order chi connectivity index (χ0) is 25.3. The van der Waals surface area contributed by atoms with Crippen molar-refractivity contribution in [3.63, 3.8) is 0 Å². The number of imidazole rings is 1. The van der Waals surface area contributed by atoms with E-state index in [4.69, 9.17) is 21.3 Å². The van der Waals surface area contributed by atoms with Gasteiger partial charge >= 0.3 is 0 Å². The number of ether oxygens (including phenoxy) is 1. The molecular weight excluding hydrogens is 470 g/mol. The Hall–Kier alpha value is -3.31. The average Bonchev–Trinajstić information content (AvgIpc) is 3.22. The SMILES string of the molecule is Cc1ccc(OCCCn2c(CCCCCNC(=O)c3ccccc3Cl)nc3ccccc32)c(C)c1. The minimum Gasteiger partial charge on any atom is -0.493 e. The smallest absolute Gasteiger partial charge is 0.252 e. The summed E-state index contributed by atoms with van der Waals surface area (Å²) in [6, 6.07) is 21.7. The number of unbranched alkanes of at least 4 members (excludes halogenated alkanes) is 2. The highest BCUT2D eigenvalue weighted by Gasteiger charge is 2.11. The van der Waals surface area contributed by atoms with Gasteiger partial charge in [-0.05, 0) is 69.0 Å². The molecule has 0 saturated carbocycles. The molecule has 0 spiro atoms. The summed E-state index contributed by atoms with van der Waals surface area (Å²) in [7, 11) is 0. The summed E-state index contributed by atoms with van der Waals surface area (Å²) in [6.45, 7) is 6.36. The van der Waals surface area contributed by atoms with Crippen LogP contribution in [0.1, 0.15) is 53.0 Å². The second kappa shape index (κ2) is 12.6. The second-order valence-electron chi connectivity index (χ2n) is 9.19. The molecule has 0 aliphatic rings. The molecule has 1 aromatic heterocycles. The van der Waals surface area contributed by atoms with Gasteiger partial charge in [0.2, 0.25) is 0 Å². The second-order valence-corrected chi connectivity index (χ2v) is 9.59. The summed E-state index contributed by atoms with van der Waals surface area (Å²) >= 11 is 6.11. The maximum Gasteiger partial charge on any atom is 0.252 e. The largest absolute Gasteiger partial charge is 0.493 e. The van der Waals surface area contributed by atoms with E-state index in [1.54, 1.807) is 12.1 Å². The Morgan fingerprint density at radius 1 is 0.972 bits per heavy atom. The van der Waals surface area contributed by atoms with E-state index < -0.39 is 0 Å². The first kappa shape index (κ1) is 25.8. The van der Waals surface area contributed by atoms with Crippen molar-refractivity contribution in [3.05, 3.63) is 94.3 Å². The third-order valence-electron chi connectivity index (χ3n) is 6.33. The minimum absolute atomic E-state index is 0.120. The van der Waals surface area contributed by atoms with Gasteiger partial charge in [0.25, 0.3) is 5.91 Å². The number of aromatic nitrogens is 2. The molecule has 0 bridgehead atoms. The number of nitrogens with zero attached hydrogens (tertiary/aromatic N) is 2. The lowest BCUT2D eigenvalue weighted by Gasteiger charge is -2.12. The van der Waals surface area contributed by atoms with Crippen LogP contribution in [0.4, 0.5) is 0 Å². The average molecular weight is 504 g/mol. The lowest BCUT2D eigenvalue weighted by atomic mass is 10.1. The maximum absolute atomic E-state index is 12.3. The van der Waals surface area contributed by atoms with Gasteiger partial charge < -0.3 is 14.6 Å². The molecule has 0 radical (unpaired) electrons. The molecule has 3 aromatic carbocycles. The van der Waals surface area contributed by atoms with E-state index in [0.717, 1.165) is 55.7 Å². The molecule has 1 N–H and O–H groups in total. The monoisotopic (exact) mass is 503 g/mol. The molecule has 188 valence electrons. The zero-order valence-electron chi connectivity index (χ0n) is 21.1. The fourth-order valence-corrected chi connectivity index (χ4v) is 4.68. The quantitative estimate of drug-likeness (QED) is 0.213. The van der Waals surface area contributed by atoms with Crippen molar-refractivity contribution in [2.45, 2.75) is 52.5 Å². The van der Waals surface area contributed by atoms with Crippen LogP contribution in [-0.2, 0) is 13.0 Å². The van der Waals surface area contributed by atoms with E-state index in [-0.39, 0.29) is 5.91 Å². The van der Waals surface area contributed by atoms with E-state index in [0.29, 0.717) is 23.7 Å². The molecule has 6 heteroatoms. The molecule has 5 nitrogen and oxygen atoms in total. The first-order valence-corrected chi connectivity index (χ1v) is 13.1. The van der Waals surface area contributed by atoms with Gasteiger partial charge in [-0.25, -0.2) is 4.98 Å². The van der Waals surface area contributed by atoms with Crippen molar-refractivity contribution >= 4 is 28.5 Å². The third kappa shape index (κ3) is 6.67. The van der Waals surface area contributed by atoms with E-state index in [2.05, 4.69) is 60.1 Å². The Balaban J connectivity index is 1.26.